The highest BCUT2D eigenvalue weighted by Crippen LogP contribution is 2.17. The van der Waals surface area contributed by atoms with E-state index in [1.54, 1.807) is 30.3 Å². The minimum atomic E-state index is -0.724. The van der Waals surface area contributed by atoms with Crippen LogP contribution in [0.3, 0.4) is 0 Å². The monoisotopic (exact) mass is 426 g/mol. The number of carbonyl (C=O) groups is 2. The van der Waals surface area contributed by atoms with Crippen LogP contribution in [-0.4, -0.2) is 30.0 Å². The molecule has 2 rings (SSSR count). The van der Waals surface area contributed by atoms with Crippen molar-refractivity contribution in [2.45, 2.75) is 27.2 Å². The van der Waals surface area contributed by atoms with Gasteiger partial charge in [0.25, 0.3) is 11.6 Å². The van der Waals surface area contributed by atoms with Crippen LogP contribution in [0.5, 0.6) is 5.75 Å². The van der Waals surface area contributed by atoms with Crippen molar-refractivity contribution < 1.29 is 24.0 Å². The number of carbonyl (C=O) groups excluding carboxylic acids is 2. The summed E-state index contributed by atoms with van der Waals surface area (Å²) in [5.74, 6) is -0.224. The fourth-order valence-electron chi connectivity index (χ4n) is 2.47. The average molecular weight is 426 g/mol. The number of benzene rings is 2. The first-order valence-corrected chi connectivity index (χ1v) is 9.97. The summed E-state index contributed by atoms with van der Waals surface area (Å²) < 4.78 is 10.7. The Balaban J connectivity index is 2.22. The third kappa shape index (κ3) is 7.58. The van der Waals surface area contributed by atoms with Gasteiger partial charge in [0, 0.05) is 17.7 Å². The van der Waals surface area contributed by atoms with Crippen LogP contribution in [0.4, 0.5) is 5.69 Å². The molecule has 0 spiro atoms. The molecular weight excluding hydrogens is 400 g/mol. The summed E-state index contributed by atoms with van der Waals surface area (Å²) in [6, 6.07) is 12.3. The van der Waals surface area contributed by atoms with Gasteiger partial charge in [-0.05, 0) is 48.2 Å². The molecule has 1 amide bonds. The normalized spacial score (nSPS) is 11.2. The van der Waals surface area contributed by atoms with E-state index in [0.29, 0.717) is 35.8 Å². The van der Waals surface area contributed by atoms with Crippen LogP contribution in [0.15, 0.2) is 54.2 Å². The zero-order valence-electron chi connectivity index (χ0n) is 17.8. The van der Waals surface area contributed by atoms with Gasteiger partial charge in [-0.15, -0.1) is 0 Å². The first-order valence-electron chi connectivity index (χ1n) is 9.97. The fraction of sp³-hybridized carbons (Fsp3) is 0.304. The van der Waals surface area contributed by atoms with Crippen LogP contribution in [0.1, 0.15) is 43.1 Å². The molecule has 0 aromatic heterocycles. The average Bonchev–Trinajstić information content (AvgIpc) is 2.76. The summed E-state index contributed by atoms with van der Waals surface area (Å²) in [7, 11) is 0. The predicted molar refractivity (Wildman–Crippen MR) is 117 cm³/mol. The van der Waals surface area contributed by atoms with Crippen molar-refractivity contribution in [2.24, 2.45) is 5.92 Å². The molecule has 0 atom stereocenters. The highest BCUT2D eigenvalue weighted by Gasteiger charge is 2.17. The van der Waals surface area contributed by atoms with Gasteiger partial charge in [0.1, 0.15) is 11.4 Å². The maximum Gasteiger partial charge on any atom is 0.354 e. The lowest BCUT2D eigenvalue weighted by Gasteiger charge is -2.11. The SMILES string of the molecule is CCCOC(=O)C(=Cc1cccc([N+](=O)[O-])c1)NC(=O)c1ccc(OCC(C)C)cc1. The summed E-state index contributed by atoms with van der Waals surface area (Å²) in [5.41, 5.74) is 0.470. The van der Waals surface area contributed by atoms with Gasteiger partial charge in [-0.25, -0.2) is 4.79 Å². The number of nitro benzene ring substituents is 1. The Kier molecular flexibility index (Phi) is 8.75. The van der Waals surface area contributed by atoms with E-state index in [0.717, 1.165) is 0 Å². The molecule has 8 nitrogen and oxygen atoms in total. The first kappa shape index (κ1) is 23.6. The Morgan fingerprint density at radius 3 is 2.48 bits per heavy atom. The molecule has 0 aliphatic rings. The molecule has 0 fully saturated rings. The fourth-order valence-corrected chi connectivity index (χ4v) is 2.47. The second-order valence-electron chi connectivity index (χ2n) is 7.23. The van der Waals surface area contributed by atoms with Crippen LogP contribution >= 0.6 is 0 Å². The van der Waals surface area contributed by atoms with Crippen molar-refractivity contribution in [3.8, 4) is 5.75 Å². The number of rotatable bonds is 10. The van der Waals surface area contributed by atoms with Crippen LogP contribution in [0.25, 0.3) is 6.08 Å². The van der Waals surface area contributed by atoms with Crippen molar-refractivity contribution in [3.05, 3.63) is 75.5 Å². The van der Waals surface area contributed by atoms with E-state index in [1.807, 2.05) is 20.8 Å². The molecule has 0 bridgehead atoms. The summed E-state index contributed by atoms with van der Waals surface area (Å²) >= 11 is 0. The quantitative estimate of drug-likeness (QED) is 0.262. The van der Waals surface area contributed by atoms with Gasteiger partial charge < -0.3 is 14.8 Å². The second-order valence-corrected chi connectivity index (χ2v) is 7.23. The van der Waals surface area contributed by atoms with Crippen LogP contribution in [0, 0.1) is 16.0 Å². The Morgan fingerprint density at radius 1 is 1.16 bits per heavy atom. The molecule has 0 radical (unpaired) electrons. The number of amides is 1. The number of nitrogens with zero attached hydrogens (tertiary/aromatic N) is 1. The molecule has 31 heavy (non-hydrogen) atoms. The van der Waals surface area contributed by atoms with E-state index < -0.39 is 16.8 Å². The molecule has 164 valence electrons. The lowest BCUT2D eigenvalue weighted by molar-refractivity contribution is -0.384. The van der Waals surface area contributed by atoms with Gasteiger partial charge in [0.15, 0.2) is 0 Å². The molecule has 0 aliphatic carbocycles. The molecule has 2 aromatic carbocycles. The maximum atomic E-state index is 12.7. The van der Waals surface area contributed by atoms with Crippen LogP contribution in [0.2, 0.25) is 0 Å². The van der Waals surface area contributed by atoms with Gasteiger partial charge in [-0.1, -0.05) is 32.9 Å². The molecule has 2 aromatic rings. The van der Waals surface area contributed by atoms with Gasteiger partial charge in [0.2, 0.25) is 0 Å². The first-order chi connectivity index (χ1) is 14.8. The second kappa shape index (κ2) is 11.5. The Labute approximate surface area is 181 Å². The smallest absolute Gasteiger partial charge is 0.354 e. The number of hydrogen-bond acceptors (Lipinski definition) is 6. The zero-order chi connectivity index (χ0) is 22.8. The molecule has 0 saturated carbocycles. The zero-order valence-corrected chi connectivity index (χ0v) is 17.8. The van der Waals surface area contributed by atoms with Crippen LogP contribution < -0.4 is 10.1 Å². The van der Waals surface area contributed by atoms with Crippen molar-refractivity contribution >= 4 is 23.6 Å². The van der Waals surface area contributed by atoms with Gasteiger partial charge in [-0.3, -0.25) is 14.9 Å². The topological polar surface area (TPSA) is 108 Å². The third-order valence-electron chi connectivity index (χ3n) is 4.00. The van der Waals surface area contributed by atoms with E-state index in [2.05, 4.69) is 5.32 Å². The molecule has 1 N–H and O–H groups in total. The summed E-state index contributed by atoms with van der Waals surface area (Å²) in [5, 5.41) is 13.5. The van der Waals surface area contributed by atoms with Crippen molar-refractivity contribution in [2.75, 3.05) is 13.2 Å². The highest BCUT2D eigenvalue weighted by molar-refractivity contribution is 6.03. The molecule has 0 aliphatic heterocycles. The number of nitro groups is 1. The molecule has 0 saturated heterocycles. The lowest BCUT2D eigenvalue weighted by Crippen LogP contribution is -2.28. The van der Waals surface area contributed by atoms with Gasteiger partial charge in [0.05, 0.1) is 18.1 Å². The molecule has 8 heteroatoms. The predicted octanol–water partition coefficient (Wildman–Crippen LogP) is 4.35. The van der Waals surface area contributed by atoms with Crippen LogP contribution in [-0.2, 0) is 9.53 Å². The molecule has 0 unspecified atom stereocenters. The highest BCUT2D eigenvalue weighted by atomic mass is 16.6. The van der Waals surface area contributed by atoms with E-state index in [1.165, 1.54) is 24.3 Å². The van der Waals surface area contributed by atoms with Gasteiger partial charge >= 0.3 is 5.97 Å². The summed E-state index contributed by atoms with van der Waals surface area (Å²) in [4.78, 5) is 35.6. The van der Waals surface area contributed by atoms with E-state index in [9.17, 15) is 19.7 Å². The number of non-ortho nitro benzene ring substituents is 1. The minimum absolute atomic E-state index is 0.112. The molecular formula is C23H26N2O6. The third-order valence-corrected chi connectivity index (χ3v) is 4.00. The van der Waals surface area contributed by atoms with E-state index in [-0.39, 0.29) is 18.0 Å². The number of hydrogen-bond donors (Lipinski definition) is 1. The van der Waals surface area contributed by atoms with Crippen molar-refractivity contribution in [1.82, 2.24) is 5.32 Å². The Hall–Kier alpha value is -3.68. The standard InChI is InChI=1S/C23H26N2O6/c1-4-12-30-23(27)21(14-17-6-5-7-19(13-17)25(28)29)24-22(26)18-8-10-20(11-9-18)31-15-16(2)3/h5-11,13-14,16H,4,12,15H2,1-3H3,(H,24,26). The summed E-state index contributed by atoms with van der Waals surface area (Å²) in [6.07, 6.45) is 1.96. The summed E-state index contributed by atoms with van der Waals surface area (Å²) in [6.45, 7) is 6.66. The minimum Gasteiger partial charge on any atom is -0.493 e. The van der Waals surface area contributed by atoms with E-state index >= 15 is 0 Å². The van der Waals surface area contributed by atoms with Gasteiger partial charge in [-0.2, -0.15) is 0 Å². The number of esters is 1. The molecule has 0 heterocycles. The number of ether oxygens (including phenoxy) is 2. The number of nitrogens with one attached hydrogen (secondary N) is 1. The van der Waals surface area contributed by atoms with E-state index in [4.69, 9.17) is 9.47 Å². The Bertz CT molecular complexity index is 951. The largest absolute Gasteiger partial charge is 0.493 e. The van der Waals surface area contributed by atoms with Crippen molar-refractivity contribution in [3.63, 3.8) is 0 Å². The lowest BCUT2D eigenvalue weighted by atomic mass is 10.1. The maximum absolute atomic E-state index is 12.7. The van der Waals surface area contributed by atoms with Crippen molar-refractivity contribution in [1.29, 1.82) is 0 Å². The Morgan fingerprint density at radius 2 is 1.87 bits per heavy atom.